The molecule has 6 aromatic rings. The minimum absolute atomic E-state index is 0.162. The molecule has 0 aliphatic rings. The van der Waals surface area contributed by atoms with Gasteiger partial charge in [-0.3, -0.25) is 10.1 Å². The highest BCUT2D eigenvalue weighted by Gasteiger charge is 2.19. The highest BCUT2D eigenvalue weighted by Crippen LogP contribution is 2.35. The summed E-state index contributed by atoms with van der Waals surface area (Å²) >= 11 is 0. The van der Waals surface area contributed by atoms with Crippen LogP contribution < -0.4 is 10.6 Å². The summed E-state index contributed by atoms with van der Waals surface area (Å²) in [5.41, 5.74) is 5.59. The van der Waals surface area contributed by atoms with Crippen molar-refractivity contribution in [3.63, 3.8) is 0 Å². The van der Waals surface area contributed by atoms with E-state index in [0.29, 0.717) is 69.1 Å². The highest BCUT2D eigenvalue weighted by atomic mass is 19.1. The first-order valence-electron chi connectivity index (χ1n) is 13.9. The summed E-state index contributed by atoms with van der Waals surface area (Å²) in [5.74, 6) is -0.463. The largest absolute Gasteiger partial charge is 0.384 e. The number of fused-ring (bicyclic) bond motifs is 2. The van der Waals surface area contributed by atoms with Crippen molar-refractivity contribution in [3.05, 3.63) is 72.7 Å². The lowest BCUT2D eigenvalue weighted by atomic mass is 10.0. The normalized spacial score (nSPS) is 12.3. The molecule has 0 radical (unpaired) electrons. The van der Waals surface area contributed by atoms with Crippen LogP contribution in [0.3, 0.4) is 0 Å². The van der Waals surface area contributed by atoms with Crippen molar-refractivity contribution in [2.75, 3.05) is 37.8 Å². The number of pyridine rings is 2. The molecule has 4 aromatic heterocycles. The maximum absolute atomic E-state index is 15.3. The third-order valence-corrected chi connectivity index (χ3v) is 7.13. The Bertz CT molecular complexity index is 1920. The number of anilines is 2. The standard InChI is InChI=1S/C31H31F2N9O/c1-4-26(43)37-22-11-19(15-34-16-22)17-12-24-27(25(33)13-17)40-41-29(24)31-38-28-23(5-6-36-30(28)39-31)18-9-20(32)14-21(10-18)35-7-8-42(2)3/h5-6,9-16,26,35,37,43H,4,7-8H2,1-3H3,(H,40,41)(H,36,38,39). The van der Waals surface area contributed by atoms with Crippen molar-refractivity contribution in [2.24, 2.45) is 0 Å². The van der Waals surface area contributed by atoms with Gasteiger partial charge >= 0.3 is 0 Å². The lowest BCUT2D eigenvalue weighted by molar-refractivity contribution is 0.199. The summed E-state index contributed by atoms with van der Waals surface area (Å²) in [6.07, 6.45) is 4.65. The average Bonchev–Trinajstić information content (AvgIpc) is 3.61. The number of hydrogen-bond donors (Lipinski definition) is 5. The Balaban J connectivity index is 1.39. The van der Waals surface area contributed by atoms with E-state index in [4.69, 9.17) is 0 Å². The zero-order chi connectivity index (χ0) is 30.1. The lowest BCUT2D eigenvalue weighted by Gasteiger charge is -2.13. The molecule has 43 heavy (non-hydrogen) atoms. The average molecular weight is 584 g/mol. The number of hydrogen-bond acceptors (Lipinski definition) is 8. The molecule has 10 nitrogen and oxygen atoms in total. The molecule has 0 aliphatic carbocycles. The van der Waals surface area contributed by atoms with Gasteiger partial charge in [0.05, 0.1) is 17.4 Å². The first-order chi connectivity index (χ1) is 20.8. The summed E-state index contributed by atoms with van der Waals surface area (Å²) in [6.45, 7) is 3.32. The Morgan fingerprint density at radius 1 is 1.00 bits per heavy atom. The first-order valence-corrected chi connectivity index (χ1v) is 13.9. The van der Waals surface area contributed by atoms with Crippen molar-refractivity contribution < 1.29 is 13.9 Å². The lowest BCUT2D eigenvalue weighted by Crippen LogP contribution is -2.20. The van der Waals surface area contributed by atoms with Gasteiger partial charge in [0.25, 0.3) is 0 Å². The minimum Gasteiger partial charge on any atom is -0.384 e. The van der Waals surface area contributed by atoms with Crippen LogP contribution in [0.25, 0.3) is 55.8 Å². The molecule has 0 saturated heterocycles. The molecule has 220 valence electrons. The molecule has 6 rings (SSSR count). The van der Waals surface area contributed by atoms with Gasteiger partial charge in [0.15, 0.2) is 17.3 Å². The van der Waals surface area contributed by atoms with Gasteiger partial charge < -0.3 is 25.6 Å². The van der Waals surface area contributed by atoms with Gasteiger partial charge in [-0.2, -0.15) is 5.10 Å². The zero-order valence-corrected chi connectivity index (χ0v) is 23.9. The molecule has 5 N–H and O–H groups in total. The second kappa shape index (κ2) is 11.7. The second-order valence-corrected chi connectivity index (χ2v) is 10.6. The van der Waals surface area contributed by atoms with E-state index in [1.165, 1.54) is 18.2 Å². The Kier molecular flexibility index (Phi) is 7.70. The number of imidazole rings is 1. The molecule has 0 bridgehead atoms. The number of likely N-dealkylation sites (N-methyl/N-ethyl adjacent to an activating group) is 1. The van der Waals surface area contributed by atoms with Crippen LogP contribution in [0.1, 0.15) is 13.3 Å². The summed E-state index contributed by atoms with van der Waals surface area (Å²) in [7, 11) is 3.96. The van der Waals surface area contributed by atoms with Gasteiger partial charge in [0.1, 0.15) is 23.3 Å². The van der Waals surface area contributed by atoms with Crippen molar-refractivity contribution in [1.29, 1.82) is 0 Å². The number of benzene rings is 2. The highest BCUT2D eigenvalue weighted by molar-refractivity contribution is 5.98. The first kappa shape index (κ1) is 28.2. The summed E-state index contributed by atoms with van der Waals surface area (Å²) in [6, 6.07) is 11.6. The van der Waals surface area contributed by atoms with E-state index >= 15 is 4.39 Å². The van der Waals surface area contributed by atoms with Gasteiger partial charge in [-0.1, -0.05) is 6.92 Å². The summed E-state index contributed by atoms with van der Waals surface area (Å²) < 4.78 is 29.9. The molecule has 12 heteroatoms. The Morgan fingerprint density at radius 2 is 1.84 bits per heavy atom. The van der Waals surface area contributed by atoms with Gasteiger partial charge in [0.2, 0.25) is 0 Å². The van der Waals surface area contributed by atoms with Crippen molar-refractivity contribution >= 4 is 33.4 Å². The van der Waals surface area contributed by atoms with Crippen LogP contribution in [-0.4, -0.2) is 73.6 Å². The predicted octanol–water partition coefficient (Wildman–Crippen LogP) is 5.62. The fourth-order valence-electron chi connectivity index (χ4n) is 4.93. The molecule has 0 aliphatic heterocycles. The molecule has 1 unspecified atom stereocenters. The molecule has 1 atom stereocenters. The van der Waals surface area contributed by atoms with Crippen LogP contribution in [0.5, 0.6) is 0 Å². The quantitative estimate of drug-likeness (QED) is 0.131. The van der Waals surface area contributed by atoms with Crippen LogP contribution >= 0.6 is 0 Å². The second-order valence-electron chi connectivity index (χ2n) is 10.6. The van der Waals surface area contributed by atoms with E-state index in [2.05, 4.69) is 40.8 Å². The van der Waals surface area contributed by atoms with E-state index in [1.54, 1.807) is 30.7 Å². The Labute approximate surface area is 246 Å². The number of H-pyrrole nitrogens is 2. The monoisotopic (exact) mass is 583 g/mol. The number of aromatic nitrogens is 6. The number of nitrogens with zero attached hydrogens (tertiary/aromatic N) is 5. The Morgan fingerprint density at radius 3 is 2.65 bits per heavy atom. The van der Waals surface area contributed by atoms with E-state index in [1.807, 2.05) is 38.1 Å². The van der Waals surface area contributed by atoms with Gasteiger partial charge in [-0.05, 0) is 74.1 Å². The molecule has 0 spiro atoms. The maximum atomic E-state index is 15.3. The maximum Gasteiger partial charge on any atom is 0.178 e. The number of aliphatic hydroxyl groups is 1. The summed E-state index contributed by atoms with van der Waals surface area (Å²) in [4.78, 5) is 18.7. The van der Waals surface area contributed by atoms with Crippen LogP contribution in [0.15, 0.2) is 61.1 Å². The number of aromatic amines is 2. The molecular formula is C31H31F2N9O. The predicted molar refractivity (Wildman–Crippen MR) is 165 cm³/mol. The molecular weight excluding hydrogens is 552 g/mol. The van der Waals surface area contributed by atoms with Gasteiger partial charge in [-0.15, -0.1) is 0 Å². The topological polar surface area (TPSA) is 131 Å². The zero-order valence-electron chi connectivity index (χ0n) is 23.9. The van der Waals surface area contributed by atoms with E-state index < -0.39 is 12.0 Å². The number of rotatable bonds is 10. The third kappa shape index (κ3) is 5.87. The minimum atomic E-state index is -0.721. The van der Waals surface area contributed by atoms with Gasteiger partial charge in [0, 0.05) is 47.7 Å². The van der Waals surface area contributed by atoms with Crippen molar-refractivity contribution in [3.8, 4) is 33.8 Å². The van der Waals surface area contributed by atoms with Crippen LogP contribution in [-0.2, 0) is 0 Å². The summed E-state index contributed by atoms with van der Waals surface area (Å²) in [5, 5.41) is 23.9. The van der Waals surface area contributed by atoms with Crippen LogP contribution in [0.4, 0.5) is 20.2 Å². The van der Waals surface area contributed by atoms with E-state index in [9.17, 15) is 9.50 Å². The SMILES string of the molecule is CCC(O)Nc1cncc(-c2cc(F)c3n[nH]c(-c4nc5nccc(-c6cc(F)cc(NCCN(C)C)c6)c5[nH]4)c3c2)c1. The molecule has 4 heterocycles. The third-order valence-electron chi connectivity index (χ3n) is 7.13. The van der Waals surface area contributed by atoms with Crippen LogP contribution in [0, 0.1) is 11.6 Å². The van der Waals surface area contributed by atoms with Gasteiger partial charge in [-0.25, -0.2) is 18.7 Å². The van der Waals surface area contributed by atoms with E-state index in [0.717, 1.165) is 12.1 Å². The fourth-order valence-corrected chi connectivity index (χ4v) is 4.93. The fraction of sp³-hybridized carbons (Fsp3) is 0.226. The smallest absolute Gasteiger partial charge is 0.178 e. The number of nitrogens with one attached hydrogen (secondary N) is 4. The van der Waals surface area contributed by atoms with E-state index in [-0.39, 0.29) is 11.3 Å². The number of halogens is 2. The molecule has 2 aromatic carbocycles. The van der Waals surface area contributed by atoms with Crippen molar-refractivity contribution in [2.45, 2.75) is 19.6 Å². The molecule has 0 amide bonds. The molecule has 0 saturated carbocycles. The molecule has 0 fully saturated rings. The van der Waals surface area contributed by atoms with Crippen molar-refractivity contribution in [1.82, 2.24) is 35.0 Å². The van der Waals surface area contributed by atoms with Crippen LogP contribution in [0.2, 0.25) is 0 Å². The Hall–Kier alpha value is -4.94. The number of aliphatic hydroxyl groups excluding tert-OH is 1.